The summed E-state index contributed by atoms with van der Waals surface area (Å²) in [6, 6.07) is 0. The molecule has 1 fully saturated rings. The highest BCUT2D eigenvalue weighted by molar-refractivity contribution is 5.63. The summed E-state index contributed by atoms with van der Waals surface area (Å²) in [6.45, 7) is 4.55. The van der Waals surface area contributed by atoms with Gasteiger partial charge in [-0.15, -0.1) is 0 Å². The van der Waals surface area contributed by atoms with Crippen LogP contribution >= 0.6 is 0 Å². The molecule has 1 aliphatic rings. The molecule has 6 heteroatoms. The third kappa shape index (κ3) is 3.70. The van der Waals surface area contributed by atoms with Gasteiger partial charge in [0.15, 0.2) is 11.6 Å². The Labute approximate surface area is 114 Å². The molecular formula is C13H23N5O. The van der Waals surface area contributed by atoms with Crippen LogP contribution in [-0.2, 0) is 0 Å². The van der Waals surface area contributed by atoms with Crippen molar-refractivity contribution in [1.82, 2.24) is 14.9 Å². The summed E-state index contributed by atoms with van der Waals surface area (Å²) in [5.74, 6) is 2.13. The second-order valence-electron chi connectivity index (χ2n) is 4.68. The molecule has 0 unspecified atom stereocenters. The Bertz CT molecular complexity index is 393. The number of nitrogens with zero attached hydrogens (tertiary/aromatic N) is 3. The maximum Gasteiger partial charge on any atom is 0.204 e. The molecule has 0 aromatic carbocycles. The van der Waals surface area contributed by atoms with Crippen LogP contribution < -0.4 is 15.4 Å². The van der Waals surface area contributed by atoms with Crippen LogP contribution in [0.2, 0.25) is 0 Å². The molecule has 1 saturated heterocycles. The first-order valence-electron chi connectivity index (χ1n) is 6.88. The van der Waals surface area contributed by atoms with Crippen molar-refractivity contribution in [3.8, 4) is 5.75 Å². The number of methoxy groups -OCH3 is 1. The average molecular weight is 265 g/mol. The molecule has 2 rings (SSSR count). The molecule has 0 amide bonds. The van der Waals surface area contributed by atoms with Crippen molar-refractivity contribution in [1.29, 1.82) is 0 Å². The molecule has 0 saturated carbocycles. The van der Waals surface area contributed by atoms with Crippen molar-refractivity contribution in [2.24, 2.45) is 0 Å². The van der Waals surface area contributed by atoms with Crippen LogP contribution in [0.3, 0.4) is 0 Å². The lowest BCUT2D eigenvalue weighted by atomic mass is 10.3. The van der Waals surface area contributed by atoms with Crippen LogP contribution in [0.1, 0.15) is 19.3 Å². The monoisotopic (exact) mass is 265 g/mol. The third-order valence-corrected chi connectivity index (χ3v) is 3.39. The van der Waals surface area contributed by atoms with E-state index in [1.165, 1.54) is 32.3 Å². The molecule has 0 aliphatic carbocycles. The molecule has 0 atom stereocenters. The number of hydrogen-bond donors (Lipinski definition) is 2. The van der Waals surface area contributed by atoms with Crippen molar-refractivity contribution in [2.75, 3.05) is 51.0 Å². The Morgan fingerprint density at radius 1 is 1.26 bits per heavy atom. The van der Waals surface area contributed by atoms with Crippen LogP contribution in [0.4, 0.5) is 11.6 Å². The van der Waals surface area contributed by atoms with E-state index in [4.69, 9.17) is 4.74 Å². The molecule has 1 aromatic rings. The van der Waals surface area contributed by atoms with Gasteiger partial charge in [0, 0.05) is 13.6 Å². The van der Waals surface area contributed by atoms with E-state index < -0.39 is 0 Å². The number of ether oxygens (including phenoxy) is 1. The van der Waals surface area contributed by atoms with Crippen molar-refractivity contribution in [3.05, 3.63) is 6.33 Å². The summed E-state index contributed by atoms with van der Waals surface area (Å²) in [5, 5.41) is 6.32. The molecule has 1 aromatic heterocycles. The fraction of sp³-hybridized carbons (Fsp3) is 0.692. The Kier molecular flexibility index (Phi) is 5.20. The first-order chi connectivity index (χ1) is 9.35. The van der Waals surface area contributed by atoms with E-state index in [0.29, 0.717) is 11.6 Å². The zero-order valence-corrected chi connectivity index (χ0v) is 11.8. The van der Waals surface area contributed by atoms with Crippen molar-refractivity contribution >= 4 is 11.6 Å². The maximum atomic E-state index is 5.34. The van der Waals surface area contributed by atoms with Crippen LogP contribution in [0.15, 0.2) is 6.33 Å². The molecule has 1 aliphatic heterocycles. The van der Waals surface area contributed by atoms with Crippen LogP contribution in [0, 0.1) is 0 Å². The van der Waals surface area contributed by atoms with Crippen molar-refractivity contribution in [3.63, 3.8) is 0 Å². The van der Waals surface area contributed by atoms with E-state index in [0.717, 1.165) is 25.3 Å². The van der Waals surface area contributed by atoms with Gasteiger partial charge >= 0.3 is 0 Å². The lowest BCUT2D eigenvalue weighted by Crippen LogP contribution is -2.22. The Hall–Kier alpha value is -1.56. The topological polar surface area (TPSA) is 62.3 Å². The van der Waals surface area contributed by atoms with Gasteiger partial charge < -0.3 is 20.3 Å². The smallest absolute Gasteiger partial charge is 0.204 e. The molecule has 0 bridgehead atoms. The van der Waals surface area contributed by atoms with Gasteiger partial charge in [-0.2, -0.15) is 0 Å². The quantitative estimate of drug-likeness (QED) is 0.727. The second kappa shape index (κ2) is 7.13. The van der Waals surface area contributed by atoms with Crippen molar-refractivity contribution in [2.45, 2.75) is 19.3 Å². The first kappa shape index (κ1) is 13.9. The maximum absolute atomic E-state index is 5.34. The van der Waals surface area contributed by atoms with Crippen molar-refractivity contribution < 1.29 is 4.74 Å². The van der Waals surface area contributed by atoms with Gasteiger partial charge in [0.1, 0.15) is 6.33 Å². The van der Waals surface area contributed by atoms with Gasteiger partial charge in [-0.1, -0.05) is 0 Å². The fourth-order valence-corrected chi connectivity index (χ4v) is 2.39. The minimum atomic E-state index is 0.672. The Morgan fingerprint density at radius 2 is 2.00 bits per heavy atom. The van der Waals surface area contributed by atoms with Gasteiger partial charge in [0.25, 0.3) is 0 Å². The zero-order valence-electron chi connectivity index (χ0n) is 11.8. The lowest BCUT2D eigenvalue weighted by molar-refractivity contribution is 0.337. The SMILES string of the molecule is CNc1ncnc(NCCCN2CCCC2)c1OC. The highest BCUT2D eigenvalue weighted by Crippen LogP contribution is 2.28. The predicted octanol–water partition coefficient (Wildman–Crippen LogP) is 1.42. The standard InChI is InChI=1S/C13H23N5O/c1-14-12-11(19-2)13(17-10-16-12)15-6-5-9-18-7-3-4-8-18/h10H,3-9H2,1-2H3,(H2,14,15,16,17). The predicted molar refractivity (Wildman–Crippen MR) is 76.9 cm³/mol. The minimum Gasteiger partial charge on any atom is -0.490 e. The summed E-state index contributed by atoms with van der Waals surface area (Å²) >= 11 is 0. The first-order valence-corrected chi connectivity index (χ1v) is 6.88. The van der Waals surface area contributed by atoms with Gasteiger partial charge in [-0.05, 0) is 38.9 Å². The van der Waals surface area contributed by atoms with Gasteiger partial charge in [0.05, 0.1) is 7.11 Å². The average Bonchev–Trinajstić information content (AvgIpc) is 2.96. The van der Waals surface area contributed by atoms with E-state index in [-0.39, 0.29) is 0 Å². The summed E-state index contributed by atoms with van der Waals surface area (Å²) in [6.07, 6.45) is 5.34. The number of rotatable bonds is 7. The number of likely N-dealkylation sites (tertiary alicyclic amines) is 1. The number of nitrogens with one attached hydrogen (secondary N) is 2. The molecule has 19 heavy (non-hydrogen) atoms. The highest BCUT2D eigenvalue weighted by atomic mass is 16.5. The fourth-order valence-electron chi connectivity index (χ4n) is 2.39. The van der Waals surface area contributed by atoms with Gasteiger partial charge in [0.2, 0.25) is 5.75 Å². The molecule has 0 radical (unpaired) electrons. The molecule has 2 heterocycles. The summed E-state index contributed by atoms with van der Waals surface area (Å²) in [4.78, 5) is 10.9. The van der Waals surface area contributed by atoms with E-state index in [1.807, 2.05) is 7.05 Å². The summed E-state index contributed by atoms with van der Waals surface area (Å²) in [5.41, 5.74) is 0. The van der Waals surface area contributed by atoms with E-state index in [9.17, 15) is 0 Å². The molecular weight excluding hydrogens is 242 g/mol. The molecule has 0 spiro atoms. The second-order valence-corrected chi connectivity index (χ2v) is 4.68. The van der Waals surface area contributed by atoms with Gasteiger partial charge in [-0.25, -0.2) is 9.97 Å². The Balaban J connectivity index is 1.81. The Morgan fingerprint density at radius 3 is 2.68 bits per heavy atom. The van der Waals surface area contributed by atoms with E-state index >= 15 is 0 Å². The largest absolute Gasteiger partial charge is 0.490 e. The van der Waals surface area contributed by atoms with Gasteiger partial charge in [-0.3, -0.25) is 0 Å². The lowest BCUT2D eigenvalue weighted by Gasteiger charge is -2.15. The summed E-state index contributed by atoms with van der Waals surface area (Å²) < 4.78 is 5.34. The molecule has 2 N–H and O–H groups in total. The highest BCUT2D eigenvalue weighted by Gasteiger charge is 2.12. The molecule has 106 valence electrons. The summed E-state index contributed by atoms with van der Waals surface area (Å²) in [7, 11) is 3.46. The number of aromatic nitrogens is 2. The normalized spacial score (nSPS) is 15.5. The van der Waals surface area contributed by atoms with Crippen LogP contribution in [0.25, 0.3) is 0 Å². The third-order valence-electron chi connectivity index (χ3n) is 3.39. The number of anilines is 2. The van der Waals surface area contributed by atoms with Crippen LogP contribution in [0.5, 0.6) is 5.75 Å². The van der Waals surface area contributed by atoms with Crippen LogP contribution in [-0.4, -0.2) is 55.2 Å². The van der Waals surface area contributed by atoms with E-state index in [1.54, 1.807) is 7.11 Å². The van der Waals surface area contributed by atoms with E-state index in [2.05, 4.69) is 25.5 Å². The minimum absolute atomic E-state index is 0.672. The zero-order chi connectivity index (χ0) is 13.5. The molecule has 6 nitrogen and oxygen atoms in total. The number of hydrogen-bond acceptors (Lipinski definition) is 6.